The van der Waals surface area contributed by atoms with Gasteiger partial charge in [0, 0.05) is 24.3 Å². The van der Waals surface area contributed by atoms with Gasteiger partial charge in [-0.2, -0.15) is 0 Å². The second-order valence-corrected chi connectivity index (χ2v) is 6.99. The van der Waals surface area contributed by atoms with Crippen molar-refractivity contribution in [3.05, 3.63) is 78.3 Å². The topological polar surface area (TPSA) is 119 Å². The number of benzene rings is 2. The zero-order valence-corrected chi connectivity index (χ0v) is 18.3. The van der Waals surface area contributed by atoms with Gasteiger partial charge < -0.3 is 29.8 Å². The van der Waals surface area contributed by atoms with E-state index < -0.39 is 6.10 Å². The molecule has 172 valence electrons. The number of ether oxygens (including phenoxy) is 2. The Morgan fingerprint density at radius 3 is 2.12 bits per heavy atom. The van der Waals surface area contributed by atoms with Crippen molar-refractivity contribution in [3.63, 3.8) is 0 Å². The highest BCUT2D eigenvalue weighted by Gasteiger charge is 2.15. The molecule has 1 atom stereocenters. The fraction of sp³-hybridized carbons (Fsp3) is 0.208. The Labute approximate surface area is 191 Å². The largest absolute Gasteiger partial charge is 0.497 e. The summed E-state index contributed by atoms with van der Waals surface area (Å²) in [5.41, 5.74) is 0.959. The fourth-order valence-electron chi connectivity index (χ4n) is 2.81. The molecule has 0 saturated carbocycles. The summed E-state index contributed by atoms with van der Waals surface area (Å²) in [6.45, 7) is 2.15. The molecule has 0 radical (unpaired) electrons. The molecule has 2 aromatic carbocycles. The van der Waals surface area contributed by atoms with Gasteiger partial charge >= 0.3 is 0 Å². The van der Waals surface area contributed by atoms with E-state index >= 15 is 0 Å². The number of carbonyl (C=O) groups excluding carboxylic acids is 3. The molecular formula is C24H25N3O6. The molecule has 0 aliphatic heterocycles. The van der Waals surface area contributed by atoms with E-state index in [4.69, 9.17) is 13.9 Å². The summed E-state index contributed by atoms with van der Waals surface area (Å²) >= 11 is 0. The number of anilines is 1. The SMILES string of the molecule is COc1ccc(OC(C)C(=O)Nc2ccc(C(=O)NCCNC(=O)c3ccco3)cc2)cc1. The third-order valence-corrected chi connectivity index (χ3v) is 4.60. The van der Waals surface area contributed by atoms with Crippen LogP contribution < -0.4 is 25.4 Å². The standard InChI is InChI=1S/C24H25N3O6/c1-16(33-20-11-9-19(31-2)10-12-20)22(28)27-18-7-5-17(6-8-18)23(29)25-13-14-26-24(30)21-4-3-15-32-21/h3-12,15-16H,13-14H2,1-2H3,(H,25,29)(H,26,30)(H,27,28). The first-order chi connectivity index (χ1) is 16.0. The second kappa shape index (κ2) is 11.4. The minimum atomic E-state index is -0.724. The third kappa shape index (κ3) is 6.86. The number of nitrogens with one attached hydrogen (secondary N) is 3. The molecule has 1 unspecified atom stereocenters. The lowest BCUT2D eigenvalue weighted by Gasteiger charge is -2.15. The van der Waals surface area contributed by atoms with Gasteiger partial charge in [-0.05, 0) is 67.6 Å². The lowest BCUT2D eigenvalue weighted by molar-refractivity contribution is -0.122. The molecule has 3 N–H and O–H groups in total. The van der Waals surface area contributed by atoms with Gasteiger partial charge in [0.2, 0.25) is 0 Å². The lowest BCUT2D eigenvalue weighted by Crippen LogP contribution is -2.34. The van der Waals surface area contributed by atoms with Gasteiger partial charge in [0.25, 0.3) is 17.7 Å². The van der Waals surface area contributed by atoms with Crippen molar-refractivity contribution in [2.45, 2.75) is 13.0 Å². The van der Waals surface area contributed by atoms with Crippen LogP contribution in [0.2, 0.25) is 0 Å². The molecule has 0 aliphatic carbocycles. The fourth-order valence-corrected chi connectivity index (χ4v) is 2.81. The van der Waals surface area contributed by atoms with Crippen molar-refractivity contribution in [1.29, 1.82) is 0 Å². The Morgan fingerprint density at radius 1 is 0.879 bits per heavy atom. The van der Waals surface area contributed by atoms with Gasteiger partial charge in [0.05, 0.1) is 13.4 Å². The minimum absolute atomic E-state index is 0.211. The maximum atomic E-state index is 12.4. The van der Waals surface area contributed by atoms with Crippen LogP contribution in [0.1, 0.15) is 27.8 Å². The van der Waals surface area contributed by atoms with Crippen LogP contribution in [0.15, 0.2) is 71.3 Å². The summed E-state index contributed by atoms with van der Waals surface area (Å²) < 4.78 is 15.7. The normalized spacial score (nSPS) is 11.2. The van der Waals surface area contributed by atoms with Crippen LogP contribution in [0.4, 0.5) is 5.69 Å². The number of rotatable bonds is 10. The first kappa shape index (κ1) is 23.4. The minimum Gasteiger partial charge on any atom is -0.497 e. The molecule has 0 aliphatic rings. The lowest BCUT2D eigenvalue weighted by atomic mass is 10.2. The van der Waals surface area contributed by atoms with Crippen molar-refractivity contribution in [2.24, 2.45) is 0 Å². The first-order valence-corrected chi connectivity index (χ1v) is 10.3. The molecule has 0 fully saturated rings. The van der Waals surface area contributed by atoms with Crippen LogP contribution in [0.3, 0.4) is 0 Å². The Hall–Kier alpha value is -4.27. The van der Waals surface area contributed by atoms with E-state index in [2.05, 4.69) is 16.0 Å². The summed E-state index contributed by atoms with van der Waals surface area (Å²) in [4.78, 5) is 36.4. The molecule has 33 heavy (non-hydrogen) atoms. The summed E-state index contributed by atoms with van der Waals surface area (Å²) in [5, 5.41) is 8.11. The van der Waals surface area contributed by atoms with E-state index in [0.717, 1.165) is 0 Å². The predicted octanol–water partition coefficient (Wildman–Crippen LogP) is 2.85. The van der Waals surface area contributed by atoms with Crippen molar-refractivity contribution < 1.29 is 28.3 Å². The second-order valence-electron chi connectivity index (χ2n) is 6.99. The molecule has 3 aromatic rings. The van der Waals surface area contributed by atoms with Gasteiger partial charge in [-0.15, -0.1) is 0 Å². The maximum absolute atomic E-state index is 12.4. The molecule has 1 aromatic heterocycles. The molecule has 1 heterocycles. The van der Waals surface area contributed by atoms with Gasteiger partial charge in [0.15, 0.2) is 11.9 Å². The average Bonchev–Trinajstić information content (AvgIpc) is 3.37. The number of hydrogen-bond donors (Lipinski definition) is 3. The Kier molecular flexibility index (Phi) is 8.07. The third-order valence-electron chi connectivity index (χ3n) is 4.60. The quantitative estimate of drug-likeness (QED) is 0.408. The number of methoxy groups -OCH3 is 1. The molecule has 0 saturated heterocycles. The van der Waals surface area contributed by atoms with Gasteiger partial charge in [-0.25, -0.2) is 0 Å². The van der Waals surface area contributed by atoms with Gasteiger partial charge in [-0.3, -0.25) is 14.4 Å². The predicted molar refractivity (Wildman–Crippen MR) is 122 cm³/mol. The number of furan rings is 1. The van der Waals surface area contributed by atoms with E-state index in [1.165, 1.54) is 6.26 Å². The molecule has 3 rings (SSSR count). The number of amides is 3. The molecule has 9 heteroatoms. The molecular weight excluding hydrogens is 426 g/mol. The average molecular weight is 451 g/mol. The first-order valence-electron chi connectivity index (χ1n) is 10.3. The van der Waals surface area contributed by atoms with Crippen LogP contribution in [0.25, 0.3) is 0 Å². The van der Waals surface area contributed by atoms with E-state index in [9.17, 15) is 14.4 Å². The summed E-state index contributed by atoms with van der Waals surface area (Å²) in [5.74, 6) is 0.488. The van der Waals surface area contributed by atoms with Gasteiger partial charge in [-0.1, -0.05) is 0 Å². The Bertz CT molecular complexity index is 1060. The van der Waals surface area contributed by atoms with Crippen LogP contribution in [-0.2, 0) is 4.79 Å². The summed E-state index contributed by atoms with van der Waals surface area (Å²) in [7, 11) is 1.57. The molecule has 0 bridgehead atoms. The van der Waals surface area contributed by atoms with Crippen LogP contribution in [0.5, 0.6) is 11.5 Å². The smallest absolute Gasteiger partial charge is 0.287 e. The van der Waals surface area contributed by atoms with E-state index in [-0.39, 0.29) is 36.6 Å². The van der Waals surface area contributed by atoms with Crippen molar-refractivity contribution >= 4 is 23.4 Å². The van der Waals surface area contributed by atoms with E-state index in [0.29, 0.717) is 22.7 Å². The van der Waals surface area contributed by atoms with E-state index in [1.54, 1.807) is 74.7 Å². The Balaban J connectivity index is 1.42. The van der Waals surface area contributed by atoms with E-state index in [1.807, 2.05) is 0 Å². The van der Waals surface area contributed by atoms with Crippen molar-refractivity contribution in [2.75, 3.05) is 25.5 Å². The highest BCUT2D eigenvalue weighted by Crippen LogP contribution is 2.19. The molecule has 3 amide bonds. The highest BCUT2D eigenvalue weighted by molar-refractivity contribution is 5.97. The van der Waals surface area contributed by atoms with Crippen LogP contribution in [0, 0.1) is 0 Å². The number of hydrogen-bond acceptors (Lipinski definition) is 6. The van der Waals surface area contributed by atoms with Crippen molar-refractivity contribution in [1.82, 2.24) is 10.6 Å². The van der Waals surface area contributed by atoms with Crippen LogP contribution in [-0.4, -0.2) is 44.0 Å². The summed E-state index contributed by atoms with van der Waals surface area (Å²) in [6.07, 6.45) is 0.690. The zero-order valence-electron chi connectivity index (χ0n) is 18.3. The number of carbonyl (C=O) groups is 3. The van der Waals surface area contributed by atoms with Crippen molar-refractivity contribution in [3.8, 4) is 11.5 Å². The Morgan fingerprint density at radius 2 is 1.52 bits per heavy atom. The molecule has 9 nitrogen and oxygen atoms in total. The van der Waals surface area contributed by atoms with Gasteiger partial charge in [0.1, 0.15) is 11.5 Å². The van der Waals surface area contributed by atoms with Crippen LogP contribution >= 0.6 is 0 Å². The summed E-state index contributed by atoms with van der Waals surface area (Å²) in [6, 6.07) is 16.6. The molecule has 0 spiro atoms. The highest BCUT2D eigenvalue weighted by atomic mass is 16.5. The zero-order chi connectivity index (χ0) is 23.6. The monoisotopic (exact) mass is 451 g/mol. The maximum Gasteiger partial charge on any atom is 0.287 e.